The molecule has 0 spiro atoms. The summed E-state index contributed by atoms with van der Waals surface area (Å²) < 4.78 is 11.1. The van der Waals surface area contributed by atoms with E-state index in [2.05, 4.69) is 25.3 Å². The van der Waals surface area contributed by atoms with Crippen LogP contribution in [0.15, 0.2) is 141 Å². The number of esters is 2. The molecule has 0 aromatic heterocycles. The zero-order valence-corrected chi connectivity index (χ0v) is 25.3. The average Bonchev–Trinajstić information content (AvgIpc) is 3.09. The molecule has 1 atom stereocenters. The normalized spacial score (nSPS) is 11.3. The lowest BCUT2D eigenvalue weighted by molar-refractivity contribution is -0.139. The lowest BCUT2D eigenvalue weighted by atomic mass is 9.82. The Morgan fingerprint density at radius 1 is 0.696 bits per heavy atom. The fourth-order valence-electron chi connectivity index (χ4n) is 5.38. The largest absolute Gasteiger partial charge is 0.508 e. The van der Waals surface area contributed by atoms with Gasteiger partial charge in [-0.25, -0.2) is 9.59 Å². The molecule has 46 heavy (non-hydrogen) atoms. The van der Waals surface area contributed by atoms with Gasteiger partial charge in [-0.1, -0.05) is 110 Å². The third-order valence-corrected chi connectivity index (χ3v) is 7.77. The van der Waals surface area contributed by atoms with Crippen molar-refractivity contribution in [2.24, 2.45) is 0 Å². The fourth-order valence-corrected chi connectivity index (χ4v) is 5.38. The van der Waals surface area contributed by atoms with Gasteiger partial charge in [-0.05, 0) is 69.6 Å². The zero-order chi connectivity index (χ0) is 32.5. The van der Waals surface area contributed by atoms with Crippen LogP contribution in [0.2, 0.25) is 0 Å². The highest BCUT2D eigenvalue weighted by Gasteiger charge is 2.24. The molecule has 0 radical (unpaired) electrons. The van der Waals surface area contributed by atoms with Crippen molar-refractivity contribution in [3.05, 3.63) is 185 Å². The van der Waals surface area contributed by atoms with Gasteiger partial charge >= 0.3 is 11.9 Å². The molecule has 1 unspecified atom stereocenters. The Kier molecular flexibility index (Phi) is 10.1. The highest BCUT2D eigenvalue weighted by molar-refractivity contribution is 6.16. The van der Waals surface area contributed by atoms with Crippen LogP contribution in [-0.4, -0.2) is 22.2 Å². The molecule has 5 aromatic rings. The van der Waals surface area contributed by atoms with Crippen molar-refractivity contribution in [1.29, 1.82) is 0 Å². The minimum absolute atomic E-state index is 0.0116. The third-order valence-electron chi connectivity index (χ3n) is 7.77. The van der Waals surface area contributed by atoms with Gasteiger partial charge in [0.1, 0.15) is 24.7 Å². The first-order valence-corrected chi connectivity index (χ1v) is 14.8. The number of carbonyl (C=O) groups is 2. The maximum atomic E-state index is 13.3. The molecule has 6 nitrogen and oxygen atoms in total. The van der Waals surface area contributed by atoms with Crippen molar-refractivity contribution in [2.45, 2.75) is 25.6 Å². The average molecular weight is 611 g/mol. The van der Waals surface area contributed by atoms with Crippen molar-refractivity contribution in [3.63, 3.8) is 0 Å². The van der Waals surface area contributed by atoms with Crippen LogP contribution in [-0.2, 0) is 38.7 Å². The standard InChI is InChI=1S/C40H34O6/c1-3-38(43)45-26-33-15-9-10-16-35(33)39(29-17-20-34(41)21-18-29)31-19-22-37(42)36(24-31)27(2)40(44)46-25-32-14-8-7-13-30(32)23-28-11-5-4-6-12-28/h3-22,24,39,41-42H,1-2,23,25-26H2. The van der Waals surface area contributed by atoms with E-state index in [4.69, 9.17) is 9.47 Å². The van der Waals surface area contributed by atoms with E-state index in [1.807, 2.05) is 66.7 Å². The van der Waals surface area contributed by atoms with Gasteiger partial charge in [-0.2, -0.15) is 0 Å². The highest BCUT2D eigenvalue weighted by atomic mass is 16.5. The molecule has 2 N–H and O–H groups in total. The smallest absolute Gasteiger partial charge is 0.338 e. The number of rotatable bonds is 12. The van der Waals surface area contributed by atoms with Crippen LogP contribution in [0.25, 0.3) is 5.57 Å². The number of hydrogen-bond acceptors (Lipinski definition) is 6. The van der Waals surface area contributed by atoms with Gasteiger partial charge in [0, 0.05) is 17.6 Å². The number of hydrogen-bond donors (Lipinski definition) is 2. The van der Waals surface area contributed by atoms with Gasteiger partial charge in [0.2, 0.25) is 0 Å². The summed E-state index contributed by atoms with van der Waals surface area (Å²) in [6.07, 6.45) is 1.81. The molecule has 0 aliphatic rings. The van der Waals surface area contributed by atoms with E-state index in [9.17, 15) is 19.8 Å². The van der Waals surface area contributed by atoms with E-state index in [0.29, 0.717) is 6.42 Å². The molecular weight excluding hydrogens is 576 g/mol. The van der Waals surface area contributed by atoms with Crippen LogP contribution in [0.1, 0.15) is 50.4 Å². The highest BCUT2D eigenvalue weighted by Crippen LogP contribution is 2.38. The maximum Gasteiger partial charge on any atom is 0.338 e. The van der Waals surface area contributed by atoms with Crippen LogP contribution in [0.5, 0.6) is 11.5 Å². The lowest BCUT2D eigenvalue weighted by Crippen LogP contribution is -2.11. The molecule has 0 fully saturated rings. The molecule has 0 aliphatic carbocycles. The summed E-state index contributed by atoms with van der Waals surface area (Å²) in [5.41, 5.74) is 6.50. The number of carbonyl (C=O) groups excluding carboxylic acids is 2. The number of phenols is 2. The molecule has 0 amide bonds. The maximum absolute atomic E-state index is 13.3. The molecule has 5 rings (SSSR count). The van der Waals surface area contributed by atoms with Crippen molar-refractivity contribution < 1.29 is 29.3 Å². The molecule has 230 valence electrons. The Morgan fingerprint density at radius 2 is 1.30 bits per heavy atom. The molecule has 0 heterocycles. The SMILES string of the molecule is C=CC(=O)OCc1ccccc1C(c1ccc(O)cc1)c1ccc(O)c(C(=C)C(=O)OCc2ccccc2Cc2ccccc2)c1. The minimum atomic E-state index is -0.653. The van der Waals surface area contributed by atoms with E-state index >= 15 is 0 Å². The van der Waals surface area contributed by atoms with E-state index in [0.717, 1.165) is 45.0 Å². The van der Waals surface area contributed by atoms with Gasteiger partial charge in [0.25, 0.3) is 0 Å². The number of benzene rings is 5. The van der Waals surface area contributed by atoms with Crippen LogP contribution in [0.4, 0.5) is 0 Å². The van der Waals surface area contributed by atoms with Gasteiger partial charge < -0.3 is 19.7 Å². The Bertz CT molecular complexity index is 1860. The summed E-state index contributed by atoms with van der Waals surface area (Å²) in [6.45, 7) is 7.52. The Labute approximate surface area is 268 Å². The second-order valence-corrected chi connectivity index (χ2v) is 10.8. The van der Waals surface area contributed by atoms with E-state index in [1.165, 1.54) is 6.07 Å². The van der Waals surface area contributed by atoms with Crippen molar-refractivity contribution >= 4 is 17.5 Å². The zero-order valence-electron chi connectivity index (χ0n) is 25.3. The first-order chi connectivity index (χ1) is 22.3. The van der Waals surface area contributed by atoms with Crippen molar-refractivity contribution in [1.82, 2.24) is 0 Å². The van der Waals surface area contributed by atoms with Crippen LogP contribution < -0.4 is 0 Å². The van der Waals surface area contributed by atoms with Gasteiger partial charge in [-0.3, -0.25) is 0 Å². The predicted octanol–water partition coefficient (Wildman–Crippen LogP) is 7.85. The molecule has 6 heteroatoms. The second kappa shape index (κ2) is 14.7. The summed E-state index contributed by atoms with van der Waals surface area (Å²) in [5, 5.41) is 20.8. The Hall–Kier alpha value is -5.88. The summed E-state index contributed by atoms with van der Waals surface area (Å²) in [6, 6.07) is 37.2. The van der Waals surface area contributed by atoms with E-state index < -0.39 is 17.9 Å². The van der Waals surface area contributed by atoms with Crippen molar-refractivity contribution in [2.75, 3.05) is 0 Å². The van der Waals surface area contributed by atoms with Gasteiger partial charge in [0.05, 0.1) is 5.57 Å². The van der Waals surface area contributed by atoms with E-state index in [-0.39, 0.29) is 35.8 Å². The summed E-state index contributed by atoms with van der Waals surface area (Å²) >= 11 is 0. The number of ether oxygens (including phenoxy) is 2. The number of phenolic OH excluding ortho intramolecular Hbond substituents is 2. The molecule has 5 aromatic carbocycles. The first-order valence-electron chi connectivity index (χ1n) is 14.8. The van der Waals surface area contributed by atoms with Crippen LogP contribution in [0.3, 0.4) is 0 Å². The molecule has 0 saturated heterocycles. The molecule has 0 saturated carbocycles. The Morgan fingerprint density at radius 3 is 2.02 bits per heavy atom. The quantitative estimate of drug-likeness (QED) is 0.0849. The van der Waals surface area contributed by atoms with Crippen molar-refractivity contribution in [3.8, 4) is 11.5 Å². The second-order valence-electron chi connectivity index (χ2n) is 10.8. The fraction of sp³-hybridized carbons (Fsp3) is 0.100. The summed E-state index contributed by atoms with van der Waals surface area (Å²) in [7, 11) is 0. The minimum Gasteiger partial charge on any atom is -0.508 e. The topological polar surface area (TPSA) is 93.1 Å². The number of aromatic hydroxyl groups is 2. The van der Waals surface area contributed by atoms with Crippen LogP contribution in [0, 0.1) is 0 Å². The van der Waals surface area contributed by atoms with Crippen LogP contribution >= 0.6 is 0 Å². The van der Waals surface area contributed by atoms with Gasteiger partial charge in [-0.15, -0.1) is 0 Å². The third kappa shape index (κ3) is 7.60. The summed E-state index contributed by atoms with van der Waals surface area (Å²) in [5.74, 6) is -1.61. The monoisotopic (exact) mass is 610 g/mol. The lowest BCUT2D eigenvalue weighted by Gasteiger charge is -2.23. The molecular formula is C40H34O6. The van der Waals surface area contributed by atoms with Gasteiger partial charge in [0.15, 0.2) is 0 Å². The van der Waals surface area contributed by atoms with E-state index in [1.54, 1.807) is 36.4 Å². The molecule has 0 aliphatic heterocycles. The summed E-state index contributed by atoms with van der Waals surface area (Å²) in [4.78, 5) is 25.2. The predicted molar refractivity (Wildman–Crippen MR) is 178 cm³/mol. The first kappa shape index (κ1) is 31.5. The Balaban J connectivity index is 1.43. The molecule has 0 bridgehead atoms.